The highest BCUT2D eigenvalue weighted by molar-refractivity contribution is 7.71. The standard InChI is InChI=1S/C16H16FN3S/c1-10-8-15-14(9-13(10)17)18-16(21)20(15)12-6-4-11(5-7-12)19(2)3/h4-9H,1-3H3,(H,18,21). The number of fused-ring (bicyclic) bond motifs is 1. The van der Waals surface area contributed by atoms with Crippen LogP contribution in [-0.2, 0) is 0 Å². The molecule has 3 rings (SSSR count). The number of halogens is 1. The van der Waals surface area contributed by atoms with Crippen LogP contribution in [-0.4, -0.2) is 23.6 Å². The van der Waals surface area contributed by atoms with Gasteiger partial charge in [0.05, 0.1) is 11.0 Å². The molecule has 1 aromatic heterocycles. The van der Waals surface area contributed by atoms with Crippen LogP contribution in [0, 0.1) is 17.5 Å². The van der Waals surface area contributed by atoms with Gasteiger partial charge < -0.3 is 9.88 Å². The zero-order valence-corrected chi connectivity index (χ0v) is 13.0. The molecule has 0 atom stereocenters. The van der Waals surface area contributed by atoms with Gasteiger partial charge in [0.15, 0.2) is 4.77 Å². The Balaban J connectivity index is 2.22. The van der Waals surface area contributed by atoms with Crippen molar-refractivity contribution in [3.05, 3.63) is 52.5 Å². The molecular weight excluding hydrogens is 285 g/mol. The molecule has 5 heteroatoms. The number of rotatable bonds is 2. The van der Waals surface area contributed by atoms with Gasteiger partial charge in [0, 0.05) is 25.5 Å². The minimum Gasteiger partial charge on any atom is -0.378 e. The fraction of sp³-hybridized carbons (Fsp3) is 0.188. The molecule has 0 bridgehead atoms. The molecule has 0 saturated heterocycles. The zero-order chi connectivity index (χ0) is 15.1. The number of aryl methyl sites for hydroxylation is 1. The summed E-state index contributed by atoms with van der Waals surface area (Å²) < 4.78 is 16.2. The van der Waals surface area contributed by atoms with Crippen molar-refractivity contribution in [3.8, 4) is 5.69 Å². The second-order valence-electron chi connectivity index (χ2n) is 5.29. The maximum absolute atomic E-state index is 13.7. The van der Waals surface area contributed by atoms with E-state index in [1.54, 1.807) is 6.92 Å². The molecule has 108 valence electrons. The van der Waals surface area contributed by atoms with E-state index < -0.39 is 0 Å². The molecular formula is C16H16FN3S. The van der Waals surface area contributed by atoms with Gasteiger partial charge in [-0.15, -0.1) is 0 Å². The van der Waals surface area contributed by atoms with Gasteiger partial charge in [-0.3, -0.25) is 4.57 Å². The lowest BCUT2D eigenvalue weighted by atomic mass is 10.2. The van der Waals surface area contributed by atoms with Gasteiger partial charge in [0.25, 0.3) is 0 Å². The number of hydrogen-bond donors (Lipinski definition) is 1. The van der Waals surface area contributed by atoms with Crippen molar-refractivity contribution >= 4 is 28.9 Å². The molecule has 0 radical (unpaired) electrons. The molecule has 0 spiro atoms. The number of anilines is 1. The summed E-state index contributed by atoms with van der Waals surface area (Å²) in [6.07, 6.45) is 0. The van der Waals surface area contributed by atoms with Gasteiger partial charge in [-0.2, -0.15) is 0 Å². The number of benzene rings is 2. The third-order valence-electron chi connectivity index (χ3n) is 3.59. The fourth-order valence-corrected chi connectivity index (χ4v) is 2.70. The lowest BCUT2D eigenvalue weighted by Gasteiger charge is -2.13. The van der Waals surface area contributed by atoms with Crippen molar-refractivity contribution < 1.29 is 4.39 Å². The summed E-state index contributed by atoms with van der Waals surface area (Å²) in [4.78, 5) is 5.10. The van der Waals surface area contributed by atoms with E-state index >= 15 is 0 Å². The van der Waals surface area contributed by atoms with Gasteiger partial charge in [-0.25, -0.2) is 4.39 Å². The van der Waals surface area contributed by atoms with Crippen molar-refractivity contribution in [2.75, 3.05) is 19.0 Å². The highest BCUT2D eigenvalue weighted by atomic mass is 32.1. The number of nitrogens with one attached hydrogen (secondary N) is 1. The minimum absolute atomic E-state index is 0.228. The van der Waals surface area contributed by atoms with Crippen LogP contribution in [0.4, 0.5) is 10.1 Å². The number of nitrogens with zero attached hydrogens (tertiary/aromatic N) is 2. The maximum atomic E-state index is 13.7. The Bertz CT molecular complexity index is 860. The van der Waals surface area contributed by atoms with Crippen LogP contribution in [0.15, 0.2) is 36.4 Å². The quantitative estimate of drug-likeness (QED) is 0.717. The van der Waals surface area contributed by atoms with Crippen LogP contribution in [0.1, 0.15) is 5.56 Å². The van der Waals surface area contributed by atoms with Crippen molar-refractivity contribution in [3.63, 3.8) is 0 Å². The highest BCUT2D eigenvalue weighted by Crippen LogP contribution is 2.24. The van der Waals surface area contributed by atoms with Gasteiger partial charge in [0.1, 0.15) is 5.82 Å². The predicted octanol–water partition coefficient (Wildman–Crippen LogP) is 4.20. The molecule has 0 aliphatic carbocycles. The Morgan fingerprint density at radius 3 is 2.43 bits per heavy atom. The van der Waals surface area contributed by atoms with Crippen molar-refractivity contribution in [1.82, 2.24) is 9.55 Å². The number of aromatic amines is 1. The van der Waals surface area contributed by atoms with Crippen molar-refractivity contribution in [2.45, 2.75) is 6.92 Å². The van der Waals surface area contributed by atoms with Crippen LogP contribution in [0.3, 0.4) is 0 Å². The number of hydrogen-bond acceptors (Lipinski definition) is 2. The summed E-state index contributed by atoms with van der Waals surface area (Å²) in [6, 6.07) is 11.4. The van der Waals surface area contributed by atoms with Crippen molar-refractivity contribution in [2.24, 2.45) is 0 Å². The van der Waals surface area contributed by atoms with E-state index in [4.69, 9.17) is 12.2 Å². The van der Waals surface area contributed by atoms with Crippen LogP contribution in [0.2, 0.25) is 0 Å². The summed E-state index contributed by atoms with van der Waals surface area (Å²) in [5.74, 6) is -0.228. The highest BCUT2D eigenvalue weighted by Gasteiger charge is 2.09. The Labute approximate surface area is 127 Å². The van der Waals surface area contributed by atoms with Crippen LogP contribution in [0.5, 0.6) is 0 Å². The summed E-state index contributed by atoms with van der Waals surface area (Å²) in [5.41, 5.74) is 4.28. The average molecular weight is 301 g/mol. The van der Waals surface area contributed by atoms with Crippen molar-refractivity contribution in [1.29, 1.82) is 0 Å². The third kappa shape index (κ3) is 2.34. The SMILES string of the molecule is Cc1cc2c(cc1F)[nH]c(=S)n2-c1ccc(N(C)C)cc1. The first-order valence-electron chi connectivity index (χ1n) is 6.66. The molecule has 1 heterocycles. The lowest BCUT2D eigenvalue weighted by molar-refractivity contribution is 0.620. The molecule has 3 aromatic rings. The summed E-state index contributed by atoms with van der Waals surface area (Å²) in [7, 11) is 4.00. The first-order chi connectivity index (χ1) is 9.97. The Kier molecular flexibility index (Phi) is 3.29. The molecule has 21 heavy (non-hydrogen) atoms. The monoisotopic (exact) mass is 301 g/mol. The zero-order valence-electron chi connectivity index (χ0n) is 12.1. The van der Waals surface area contributed by atoms with Crippen LogP contribution < -0.4 is 4.90 Å². The summed E-state index contributed by atoms with van der Waals surface area (Å²) in [6.45, 7) is 1.75. The largest absolute Gasteiger partial charge is 0.378 e. The summed E-state index contributed by atoms with van der Waals surface area (Å²) >= 11 is 5.38. The topological polar surface area (TPSA) is 24.0 Å². The maximum Gasteiger partial charge on any atom is 0.182 e. The van der Waals surface area contributed by atoms with Crippen LogP contribution in [0.25, 0.3) is 16.7 Å². The Morgan fingerprint density at radius 2 is 1.81 bits per heavy atom. The van der Waals surface area contributed by atoms with E-state index in [0.29, 0.717) is 15.9 Å². The molecule has 0 amide bonds. The normalized spacial score (nSPS) is 11.0. The molecule has 0 unspecified atom stereocenters. The van der Waals surface area contributed by atoms with E-state index in [1.807, 2.05) is 53.9 Å². The number of imidazole rings is 1. The second-order valence-corrected chi connectivity index (χ2v) is 5.68. The van der Waals surface area contributed by atoms with Gasteiger partial charge in [0.2, 0.25) is 0 Å². The van der Waals surface area contributed by atoms with E-state index in [1.165, 1.54) is 6.07 Å². The molecule has 2 aromatic carbocycles. The van der Waals surface area contributed by atoms with E-state index in [0.717, 1.165) is 16.9 Å². The molecule has 0 saturated carbocycles. The predicted molar refractivity (Wildman–Crippen MR) is 87.5 cm³/mol. The smallest absolute Gasteiger partial charge is 0.182 e. The molecule has 1 N–H and O–H groups in total. The Morgan fingerprint density at radius 1 is 1.14 bits per heavy atom. The van der Waals surface area contributed by atoms with E-state index in [2.05, 4.69) is 4.98 Å². The third-order valence-corrected chi connectivity index (χ3v) is 3.87. The lowest BCUT2D eigenvalue weighted by Crippen LogP contribution is -2.08. The number of H-pyrrole nitrogens is 1. The number of aromatic nitrogens is 2. The second kappa shape index (κ2) is 5.00. The van der Waals surface area contributed by atoms with E-state index in [9.17, 15) is 4.39 Å². The summed E-state index contributed by atoms with van der Waals surface area (Å²) in [5, 5.41) is 0. The van der Waals surface area contributed by atoms with Gasteiger partial charge in [-0.1, -0.05) is 0 Å². The molecule has 0 aliphatic heterocycles. The van der Waals surface area contributed by atoms with E-state index in [-0.39, 0.29) is 5.82 Å². The first kappa shape index (κ1) is 13.8. The first-order valence-corrected chi connectivity index (χ1v) is 7.07. The fourth-order valence-electron chi connectivity index (χ4n) is 2.39. The Hall–Kier alpha value is -2.14. The van der Waals surface area contributed by atoms with Gasteiger partial charge >= 0.3 is 0 Å². The molecule has 3 nitrogen and oxygen atoms in total. The molecule has 0 aliphatic rings. The van der Waals surface area contributed by atoms with Gasteiger partial charge in [-0.05, 0) is 61.1 Å². The molecule has 0 fully saturated rings. The average Bonchev–Trinajstić information content (AvgIpc) is 2.75. The van der Waals surface area contributed by atoms with Crippen LogP contribution >= 0.6 is 12.2 Å². The minimum atomic E-state index is -0.228.